The quantitative estimate of drug-likeness (QED) is 0.520. The fourth-order valence-corrected chi connectivity index (χ4v) is 5.34. The van der Waals surface area contributed by atoms with Crippen molar-refractivity contribution in [2.24, 2.45) is 22.7 Å². The number of rotatable bonds is 5. The highest BCUT2D eigenvalue weighted by atomic mass is 16.4. The molecule has 2 aliphatic rings. The molecule has 0 unspecified atom stereocenters. The van der Waals surface area contributed by atoms with Gasteiger partial charge in [0.1, 0.15) is 0 Å². The Balaban J connectivity index is 2.32. The zero-order valence-electron chi connectivity index (χ0n) is 15.4. The molecule has 0 aliphatic heterocycles. The Labute approximate surface area is 149 Å². The standard InChI is InChI=1S/C20H30O5/c1-12-6-7-16-19(3,8-5-9-20(16,4)18(24)25)14(12)11-15(21)13(2)10-17(22)23/h10,14-16,21H,1,5-9,11H2,2-4H3,(H,22,23)(H,24,25)/b13-10-/t14-,15-,16+,19+,20-/m0/s1. The van der Waals surface area contributed by atoms with Crippen LogP contribution < -0.4 is 0 Å². The summed E-state index contributed by atoms with van der Waals surface area (Å²) in [6.07, 6.45) is 4.61. The van der Waals surface area contributed by atoms with Crippen LogP contribution in [0.2, 0.25) is 0 Å². The number of hydrogen-bond donors (Lipinski definition) is 3. The highest BCUT2D eigenvalue weighted by Gasteiger charge is 2.57. The molecule has 5 atom stereocenters. The van der Waals surface area contributed by atoms with Crippen molar-refractivity contribution >= 4 is 11.9 Å². The lowest BCUT2D eigenvalue weighted by Gasteiger charge is -2.57. The summed E-state index contributed by atoms with van der Waals surface area (Å²) in [5, 5.41) is 29.2. The third-order valence-corrected chi connectivity index (χ3v) is 6.84. The van der Waals surface area contributed by atoms with E-state index in [4.69, 9.17) is 5.11 Å². The zero-order valence-corrected chi connectivity index (χ0v) is 15.4. The predicted octanol–water partition coefficient (Wildman–Crippen LogP) is 3.63. The van der Waals surface area contributed by atoms with Gasteiger partial charge in [0, 0.05) is 6.08 Å². The molecule has 0 bridgehead atoms. The number of hydrogen-bond acceptors (Lipinski definition) is 3. The lowest BCUT2D eigenvalue weighted by atomic mass is 9.46. The second kappa shape index (κ2) is 6.94. The molecule has 0 radical (unpaired) electrons. The topological polar surface area (TPSA) is 94.8 Å². The molecule has 2 aliphatic carbocycles. The average molecular weight is 350 g/mol. The van der Waals surface area contributed by atoms with Crippen LogP contribution in [0.1, 0.15) is 59.3 Å². The maximum atomic E-state index is 12.0. The number of aliphatic carboxylic acids is 2. The monoisotopic (exact) mass is 350 g/mol. The van der Waals surface area contributed by atoms with E-state index in [1.54, 1.807) is 6.92 Å². The van der Waals surface area contributed by atoms with E-state index in [1.807, 2.05) is 6.92 Å². The first-order chi connectivity index (χ1) is 11.5. The van der Waals surface area contributed by atoms with Crippen molar-refractivity contribution < 1.29 is 24.9 Å². The smallest absolute Gasteiger partial charge is 0.328 e. The fourth-order valence-electron chi connectivity index (χ4n) is 5.34. The molecule has 0 heterocycles. The Morgan fingerprint density at radius 3 is 2.52 bits per heavy atom. The van der Waals surface area contributed by atoms with E-state index >= 15 is 0 Å². The van der Waals surface area contributed by atoms with Crippen molar-refractivity contribution in [1.82, 2.24) is 0 Å². The van der Waals surface area contributed by atoms with Crippen molar-refractivity contribution in [1.29, 1.82) is 0 Å². The first-order valence-corrected chi connectivity index (χ1v) is 9.02. The molecule has 5 nitrogen and oxygen atoms in total. The second-order valence-electron chi connectivity index (χ2n) is 8.36. The van der Waals surface area contributed by atoms with E-state index in [0.717, 1.165) is 37.3 Å². The number of allylic oxidation sites excluding steroid dienone is 1. The average Bonchev–Trinajstić information content (AvgIpc) is 2.49. The molecule has 140 valence electrons. The van der Waals surface area contributed by atoms with Gasteiger partial charge in [-0.15, -0.1) is 0 Å². The van der Waals surface area contributed by atoms with Crippen molar-refractivity contribution in [2.45, 2.75) is 65.4 Å². The van der Waals surface area contributed by atoms with Crippen LogP contribution in [0, 0.1) is 22.7 Å². The zero-order chi connectivity index (χ0) is 19.0. The van der Waals surface area contributed by atoms with E-state index in [9.17, 15) is 19.8 Å². The Morgan fingerprint density at radius 2 is 1.96 bits per heavy atom. The minimum absolute atomic E-state index is 0.00244. The molecule has 0 saturated heterocycles. The molecular formula is C20H30O5. The van der Waals surface area contributed by atoms with Crippen LogP contribution in [0.5, 0.6) is 0 Å². The van der Waals surface area contributed by atoms with Gasteiger partial charge in [0.15, 0.2) is 0 Å². The molecule has 5 heteroatoms. The summed E-state index contributed by atoms with van der Waals surface area (Å²) in [6.45, 7) is 9.81. The van der Waals surface area contributed by atoms with Crippen LogP contribution in [0.15, 0.2) is 23.8 Å². The Hall–Kier alpha value is -1.62. The minimum Gasteiger partial charge on any atom is -0.481 e. The van der Waals surface area contributed by atoms with Gasteiger partial charge in [0.25, 0.3) is 0 Å². The van der Waals surface area contributed by atoms with Gasteiger partial charge >= 0.3 is 11.9 Å². The van der Waals surface area contributed by atoms with Gasteiger partial charge in [-0.2, -0.15) is 0 Å². The molecular weight excluding hydrogens is 320 g/mol. The van der Waals surface area contributed by atoms with Crippen LogP contribution in [0.3, 0.4) is 0 Å². The van der Waals surface area contributed by atoms with Crippen LogP contribution in [0.25, 0.3) is 0 Å². The highest BCUT2D eigenvalue weighted by Crippen LogP contribution is 2.62. The molecule has 2 fully saturated rings. The van der Waals surface area contributed by atoms with Crippen LogP contribution in [-0.2, 0) is 9.59 Å². The summed E-state index contributed by atoms with van der Waals surface area (Å²) < 4.78 is 0. The van der Waals surface area contributed by atoms with Gasteiger partial charge in [0.2, 0.25) is 0 Å². The number of aliphatic hydroxyl groups is 1. The van der Waals surface area contributed by atoms with Crippen LogP contribution in [0.4, 0.5) is 0 Å². The maximum Gasteiger partial charge on any atom is 0.328 e. The highest BCUT2D eigenvalue weighted by molar-refractivity contribution is 5.80. The summed E-state index contributed by atoms with van der Waals surface area (Å²) in [5.41, 5.74) is 0.493. The van der Waals surface area contributed by atoms with E-state index < -0.39 is 23.5 Å². The predicted molar refractivity (Wildman–Crippen MR) is 95.1 cm³/mol. The number of carbonyl (C=O) groups is 2. The van der Waals surface area contributed by atoms with E-state index in [2.05, 4.69) is 13.5 Å². The van der Waals surface area contributed by atoms with E-state index in [1.165, 1.54) is 0 Å². The molecule has 0 amide bonds. The SMILES string of the molecule is C=C1CC[C@@H]2[C@](C)(CCC[C@]2(C)C(=O)O)[C@H]1C[C@H](O)/C(C)=C\C(=O)O. The minimum atomic E-state index is -1.07. The molecule has 2 rings (SSSR count). The molecule has 0 aromatic rings. The maximum absolute atomic E-state index is 12.0. The Bertz CT molecular complexity index is 607. The summed E-state index contributed by atoms with van der Waals surface area (Å²) in [6, 6.07) is 0. The largest absolute Gasteiger partial charge is 0.481 e. The van der Waals surface area contributed by atoms with Crippen molar-refractivity contribution in [3.8, 4) is 0 Å². The van der Waals surface area contributed by atoms with Crippen molar-refractivity contribution in [3.63, 3.8) is 0 Å². The van der Waals surface area contributed by atoms with Gasteiger partial charge in [-0.25, -0.2) is 4.79 Å². The third kappa shape index (κ3) is 3.52. The number of carboxylic acids is 2. The van der Waals surface area contributed by atoms with Crippen molar-refractivity contribution in [3.05, 3.63) is 23.8 Å². The number of carboxylic acid groups (broad SMARTS) is 2. The number of fused-ring (bicyclic) bond motifs is 1. The normalized spacial score (nSPS) is 37.3. The molecule has 2 saturated carbocycles. The van der Waals surface area contributed by atoms with Gasteiger partial charge in [-0.05, 0) is 68.8 Å². The Kier molecular flexibility index (Phi) is 5.47. The third-order valence-electron chi connectivity index (χ3n) is 6.84. The molecule has 0 aromatic heterocycles. The van der Waals surface area contributed by atoms with Gasteiger partial charge in [-0.3, -0.25) is 4.79 Å². The summed E-state index contributed by atoms with van der Waals surface area (Å²) >= 11 is 0. The molecule has 3 N–H and O–H groups in total. The van der Waals surface area contributed by atoms with Crippen LogP contribution >= 0.6 is 0 Å². The Morgan fingerprint density at radius 1 is 1.32 bits per heavy atom. The fraction of sp³-hybridized carbons (Fsp3) is 0.700. The number of aliphatic hydroxyl groups excluding tert-OH is 1. The van der Waals surface area contributed by atoms with Gasteiger partial charge < -0.3 is 15.3 Å². The van der Waals surface area contributed by atoms with E-state index in [0.29, 0.717) is 18.4 Å². The van der Waals surface area contributed by atoms with Crippen molar-refractivity contribution in [2.75, 3.05) is 0 Å². The summed E-state index contributed by atoms with van der Waals surface area (Å²) in [5.74, 6) is -1.77. The molecule has 0 aromatic carbocycles. The first kappa shape index (κ1) is 19.7. The lowest BCUT2D eigenvalue weighted by Crippen LogP contribution is -2.53. The lowest BCUT2D eigenvalue weighted by molar-refractivity contribution is -0.164. The second-order valence-corrected chi connectivity index (χ2v) is 8.36. The van der Waals surface area contributed by atoms with E-state index in [-0.39, 0.29) is 17.3 Å². The summed E-state index contributed by atoms with van der Waals surface area (Å²) in [4.78, 5) is 22.8. The summed E-state index contributed by atoms with van der Waals surface area (Å²) in [7, 11) is 0. The molecule has 0 spiro atoms. The van der Waals surface area contributed by atoms with Gasteiger partial charge in [0.05, 0.1) is 11.5 Å². The first-order valence-electron chi connectivity index (χ1n) is 9.02. The van der Waals surface area contributed by atoms with Crippen LogP contribution in [-0.4, -0.2) is 33.4 Å². The van der Waals surface area contributed by atoms with Gasteiger partial charge in [-0.1, -0.05) is 25.5 Å². The molecule has 25 heavy (non-hydrogen) atoms.